The largest absolute Gasteiger partial charge is 0.348 e. The van der Waals surface area contributed by atoms with E-state index >= 15 is 0 Å². The number of aromatic amines is 1. The third-order valence-corrected chi connectivity index (χ3v) is 3.21. The maximum Gasteiger partial charge on any atom is 0.109 e. The van der Waals surface area contributed by atoms with Crippen LogP contribution in [-0.4, -0.2) is 9.97 Å². The van der Waals surface area contributed by atoms with Gasteiger partial charge in [-0.15, -0.1) is 0 Å². The Kier molecular flexibility index (Phi) is 2.63. The molecule has 0 amide bonds. The van der Waals surface area contributed by atoms with E-state index in [1.54, 1.807) is 0 Å². The second kappa shape index (κ2) is 4.30. The molecule has 0 aliphatic carbocycles. The molecule has 0 radical (unpaired) electrons. The second-order valence-corrected chi connectivity index (χ2v) is 4.85. The van der Waals surface area contributed by atoms with Crippen LogP contribution >= 0.6 is 0 Å². The fourth-order valence-corrected chi connectivity index (χ4v) is 2.22. The summed E-state index contributed by atoms with van der Waals surface area (Å²) in [4.78, 5) is 7.93. The first kappa shape index (κ1) is 11.0. The number of rotatable bonds is 2. The molecule has 0 saturated carbocycles. The molecule has 2 nitrogen and oxygen atoms in total. The van der Waals surface area contributed by atoms with E-state index in [0.29, 0.717) is 5.92 Å². The summed E-state index contributed by atoms with van der Waals surface area (Å²) < 4.78 is 0. The van der Waals surface area contributed by atoms with Gasteiger partial charge in [0.1, 0.15) is 5.82 Å². The van der Waals surface area contributed by atoms with E-state index in [4.69, 9.17) is 0 Å². The number of nitrogens with one attached hydrogen (secondary N) is 1. The molecule has 0 aliphatic heterocycles. The minimum absolute atomic E-state index is 0.425. The Labute approximate surface area is 107 Å². The van der Waals surface area contributed by atoms with Crippen molar-refractivity contribution in [2.45, 2.75) is 19.8 Å². The lowest BCUT2D eigenvalue weighted by Gasteiger charge is -2.03. The van der Waals surface area contributed by atoms with Crippen LogP contribution in [0.1, 0.15) is 25.6 Å². The number of hydrogen-bond acceptors (Lipinski definition) is 1. The van der Waals surface area contributed by atoms with Crippen molar-refractivity contribution in [1.29, 1.82) is 0 Å². The van der Waals surface area contributed by atoms with Gasteiger partial charge in [-0.2, -0.15) is 0 Å². The number of fused-ring (bicyclic) bond motifs is 1. The quantitative estimate of drug-likeness (QED) is 0.704. The molecular formula is C16H16N2. The third kappa shape index (κ3) is 1.80. The van der Waals surface area contributed by atoms with Crippen molar-refractivity contribution < 1.29 is 0 Å². The van der Waals surface area contributed by atoms with Gasteiger partial charge in [0.05, 0.1) is 5.69 Å². The predicted octanol–water partition coefficient (Wildman–Crippen LogP) is 4.35. The molecule has 3 aromatic rings. The average molecular weight is 236 g/mol. The molecule has 2 heteroatoms. The molecule has 0 fully saturated rings. The summed E-state index contributed by atoms with van der Waals surface area (Å²) in [7, 11) is 0. The van der Waals surface area contributed by atoms with Crippen molar-refractivity contribution in [3.63, 3.8) is 0 Å². The molecule has 1 heterocycles. The van der Waals surface area contributed by atoms with Gasteiger partial charge in [0.25, 0.3) is 0 Å². The van der Waals surface area contributed by atoms with Crippen LogP contribution in [0.2, 0.25) is 0 Å². The molecule has 2 aromatic carbocycles. The fourth-order valence-electron chi connectivity index (χ4n) is 2.22. The van der Waals surface area contributed by atoms with E-state index in [2.05, 4.69) is 66.3 Å². The summed E-state index contributed by atoms with van der Waals surface area (Å²) in [6, 6.07) is 14.8. The smallest absolute Gasteiger partial charge is 0.109 e. The number of imidazole rings is 1. The van der Waals surface area contributed by atoms with Gasteiger partial charge in [0.2, 0.25) is 0 Å². The first-order chi connectivity index (χ1) is 8.75. The molecule has 0 bridgehead atoms. The van der Waals surface area contributed by atoms with E-state index in [0.717, 1.165) is 11.5 Å². The minimum atomic E-state index is 0.425. The monoisotopic (exact) mass is 236 g/mol. The Morgan fingerprint density at radius 1 is 1.00 bits per heavy atom. The van der Waals surface area contributed by atoms with Crippen molar-refractivity contribution in [3.05, 3.63) is 54.5 Å². The molecule has 0 atom stereocenters. The Morgan fingerprint density at radius 3 is 2.56 bits per heavy atom. The normalized spacial score (nSPS) is 11.3. The highest BCUT2D eigenvalue weighted by molar-refractivity contribution is 5.95. The molecule has 3 rings (SSSR count). The molecule has 0 aliphatic rings. The van der Waals surface area contributed by atoms with Gasteiger partial charge in [-0.05, 0) is 10.8 Å². The maximum atomic E-state index is 4.67. The lowest BCUT2D eigenvalue weighted by Crippen LogP contribution is -1.89. The van der Waals surface area contributed by atoms with Crippen molar-refractivity contribution in [3.8, 4) is 11.3 Å². The molecular weight excluding hydrogens is 220 g/mol. The zero-order valence-electron chi connectivity index (χ0n) is 10.6. The zero-order valence-corrected chi connectivity index (χ0v) is 10.6. The predicted molar refractivity (Wildman–Crippen MR) is 75.6 cm³/mol. The number of aromatic nitrogens is 2. The van der Waals surface area contributed by atoms with E-state index < -0.39 is 0 Å². The average Bonchev–Trinajstić information content (AvgIpc) is 2.87. The number of H-pyrrole nitrogens is 1. The first-order valence-electron chi connectivity index (χ1n) is 6.29. The first-order valence-corrected chi connectivity index (χ1v) is 6.29. The Hall–Kier alpha value is -2.09. The van der Waals surface area contributed by atoms with Crippen molar-refractivity contribution in [2.75, 3.05) is 0 Å². The molecule has 0 saturated heterocycles. The highest BCUT2D eigenvalue weighted by atomic mass is 14.9. The topological polar surface area (TPSA) is 28.7 Å². The Morgan fingerprint density at radius 2 is 1.78 bits per heavy atom. The molecule has 90 valence electrons. The standard InChI is InChI=1S/C16H16N2/c1-11(2)16-17-10-15(18-16)14-9-5-7-12-6-3-4-8-13(12)14/h3-11H,1-2H3,(H,17,18). The van der Waals surface area contributed by atoms with E-state index in [1.807, 2.05) is 6.20 Å². The van der Waals surface area contributed by atoms with Crippen LogP contribution < -0.4 is 0 Å². The van der Waals surface area contributed by atoms with Crippen LogP contribution in [0, 0.1) is 0 Å². The molecule has 0 spiro atoms. The minimum Gasteiger partial charge on any atom is -0.348 e. The highest BCUT2D eigenvalue weighted by Crippen LogP contribution is 2.27. The summed E-state index contributed by atoms with van der Waals surface area (Å²) in [5.74, 6) is 1.46. The van der Waals surface area contributed by atoms with Crippen LogP contribution in [0.4, 0.5) is 0 Å². The lowest BCUT2D eigenvalue weighted by molar-refractivity contribution is 0.795. The van der Waals surface area contributed by atoms with Crippen molar-refractivity contribution in [2.24, 2.45) is 0 Å². The van der Waals surface area contributed by atoms with Crippen LogP contribution in [0.15, 0.2) is 48.7 Å². The van der Waals surface area contributed by atoms with Gasteiger partial charge in [-0.3, -0.25) is 0 Å². The highest BCUT2D eigenvalue weighted by Gasteiger charge is 2.09. The van der Waals surface area contributed by atoms with Gasteiger partial charge in [-0.1, -0.05) is 56.3 Å². The maximum absolute atomic E-state index is 4.67. The lowest BCUT2D eigenvalue weighted by atomic mass is 10.0. The fraction of sp³-hybridized carbons (Fsp3) is 0.188. The van der Waals surface area contributed by atoms with E-state index in [1.165, 1.54) is 16.3 Å². The van der Waals surface area contributed by atoms with E-state index in [-0.39, 0.29) is 0 Å². The van der Waals surface area contributed by atoms with Gasteiger partial charge < -0.3 is 4.98 Å². The van der Waals surface area contributed by atoms with Crippen molar-refractivity contribution >= 4 is 10.8 Å². The summed E-state index contributed by atoms with van der Waals surface area (Å²) in [5, 5.41) is 2.51. The zero-order chi connectivity index (χ0) is 12.5. The summed E-state index contributed by atoms with van der Waals surface area (Å²) >= 11 is 0. The summed E-state index contributed by atoms with van der Waals surface area (Å²) in [6.07, 6.45) is 2.00. The van der Waals surface area contributed by atoms with Crippen LogP contribution in [-0.2, 0) is 0 Å². The van der Waals surface area contributed by atoms with Crippen LogP contribution in [0.5, 0.6) is 0 Å². The summed E-state index contributed by atoms with van der Waals surface area (Å²) in [5.41, 5.74) is 2.21. The SMILES string of the molecule is CC(C)c1nc(-c2cccc3ccccc23)c[nH]1. The van der Waals surface area contributed by atoms with Crippen LogP contribution in [0.3, 0.4) is 0 Å². The number of hydrogen-bond donors (Lipinski definition) is 1. The number of benzene rings is 2. The van der Waals surface area contributed by atoms with Crippen LogP contribution in [0.25, 0.3) is 22.0 Å². The third-order valence-electron chi connectivity index (χ3n) is 3.21. The van der Waals surface area contributed by atoms with Gasteiger partial charge in [0.15, 0.2) is 0 Å². The molecule has 0 unspecified atom stereocenters. The van der Waals surface area contributed by atoms with E-state index in [9.17, 15) is 0 Å². The molecule has 1 N–H and O–H groups in total. The Balaban J connectivity index is 2.18. The number of nitrogens with zero attached hydrogens (tertiary/aromatic N) is 1. The van der Waals surface area contributed by atoms with Crippen molar-refractivity contribution in [1.82, 2.24) is 9.97 Å². The molecule has 1 aromatic heterocycles. The van der Waals surface area contributed by atoms with Gasteiger partial charge in [0, 0.05) is 17.7 Å². The van der Waals surface area contributed by atoms with Gasteiger partial charge in [-0.25, -0.2) is 4.98 Å². The summed E-state index contributed by atoms with van der Waals surface area (Å²) in [6.45, 7) is 4.29. The van der Waals surface area contributed by atoms with Gasteiger partial charge >= 0.3 is 0 Å². The Bertz CT molecular complexity index is 675. The second-order valence-electron chi connectivity index (χ2n) is 4.85. The molecule has 18 heavy (non-hydrogen) atoms.